The maximum Gasteiger partial charge on any atom is 0.318 e. The molecule has 12 heavy (non-hydrogen) atoms. The van der Waals surface area contributed by atoms with E-state index in [9.17, 15) is 13.2 Å². The van der Waals surface area contributed by atoms with Crippen LogP contribution in [-0.4, -0.2) is 42.5 Å². The zero-order chi connectivity index (χ0) is 9.61. The van der Waals surface area contributed by atoms with Gasteiger partial charge in [0.2, 0.25) is 0 Å². The Morgan fingerprint density at radius 3 is 2.50 bits per heavy atom. The summed E-state index contributed by atoms with van der Waals surface area (Å²) >= 11 is 1.49. The molecule has 72 valence electrons. The second-order valence-corrected chi connectivity index (χ2v) is 5.76. The Hall–Kier alpha value is -0.230. The van der Waals surface area contributed by atoms with E-state index in [0.717, 1.165) is 5.75 Å². The van der Waals surface area contributed by atoms with Crippen LogP contribution in [-0.2, 0) is 14.6 Å². The van der Waals surface area contributed by atoms with Crippen molar-refractivity contribution in [2.45, 2.75) is 6.92 Å². The molecular weight excluding hydrogens is 200 g/mol. The Morgan fingerprint density at radius 1 is 1.50 bits per heavy atom. The van der Waals surface area contributed by atoms with Crippen LogP contribution in [0.25, 0.3) is 0 Å². The zero-order valence-electron chi connectivity index (χ0n) is 6.82. The number of hydrogen-bond donors (Lipinski definition) is 1. The van der Waals surface area contributed by atoms with Gasteiger partial charge in [-0.3, -0.25) is 4.79 Å². The average Bonchev–Trinajstić information content (AvgIpc) is 1.84. The number of sulfone groups is 1. The second kappa shape index (κ2) is 5.42. The minimum absolute atomic E-state index is 0.0438. The first kappa shape index (κ1) is 11.8. The summed E-state index contributed by atoms with van der Waals surface area (Å²) in [6.45, 7) is 1.93. The average molecular weight is 212 g/mol. The maximum absolute atomic E-state index is 10.9. The molecule has 0 amide bonds. The molecule has 4 nitrogen and oxygen atoms in total. The fourth-order valence-electron chi connectivity index (χ4n) is 0.591. The van der Waals surface area contributed by atoms with Gasteiger partial charge < -0.3 is 5.11 Å². The largest absolute Gasteiger partial charge is 0.480 e. The Balaban J connectivity index is 3.81. The smallest absolute Gasteiger partial charge is 0.318 e. The van der Waals surface area contributed by atoms with Crippen LogP contribution in [0.3, 0.4) is 0 Å². The lowest BCUT2D eigenvalue weighted by Gasteiger charge is -1.99. The molecule has 0 aromatic heterocycles. The van der Waals surface area contributed by atoms with Crippen LogP contribution < -0.4 is 0 Å². The third-order valence-electron chi connectivity index (χ3n) is 1.09. The number of carbonyl (C=O) groups is 1. The zero-order valence-corrected chi connectivity index (χ0v) is 8.45. The Morgan fingerprint density at radius 2 is 2.08 bits per heavy atom. The van der Waals surface area contributed by atoms with E-state index in [0.29, 0.717) is 5.75 Å². The van der Waals surface area contributed by atoms with Crippen LogP contribution in [0.1, 0.15) is 6.92 Å². The molecule has 0 bridgehead atoms. The van der Waals surface area contributed by atoms with Crippen molar-refractivity contribution in [3.05, 3.63) is 0 Å². The highest BCUT2D eigenvalue weighted by atomic mass is 32.2. The minimum Gasteiger partial charge on any atom is -0.480 e. The predicted octanol–water partition coefficient (Wildman–Crippen LogP) is 0.239. The minimum atomic E-state index is -3.37. The van der Waals surface area contributed by atoms with Gasteiger partial charge >= 0.3 is 5.97 Å². The van der Waals surface area contributed by atoms with Crippen molar-refractivity contribution in [2.75, 3.05) is 23.0 Å². The molecule has 0 spiro atoms. The summed E-state index contributed by atoms with van der Waals surface area (Å²) in [5.41, 5.74) is 0. The fourth-order valence-corrected chi connectivity index (χ4v) is 2.89. The molecule has 0 heterocycles. The summed E-state index contributed by atoms with van der Waals surface area (Å²) < 4.78 is 21.8. The molecule has 0 rings (SSSR count). The summed E-state index contributed by atoms with van der Waals surface area (Å²) in [6.07, 6.45) is 0. The summed E-state index contributed by atoms with van der Waals surface area (Å²) in [6, 6.07) is 0. The molecule has 0 aliphatic heterocycles. The van der Waals surface area contributed by atoms with Crippen molar-refractivity contribution in [2.24, 2.45) is 0 Å². The van der Waals surface area contributed by atoms with Crippen LogP contribution in [0, 0.1) is 0 Å². The Kier molecular flexibility index (Phi) is 5.32. The first-order valence-electron chi connectivity index (χ1n) is 3.48. The summed E-state index contributed by atoms with van der Waals surface area (Å²) in [7, 11) is -3.37. The van der Waals surface area contributed by atoms with E-state index in [-0.39, 0.29) is 5.75 Å². The van der Waals surface area contributed by atoms with Crippen LogP contribution in [0.4, 0.5) is 0 Å². The van der Waals surface area contributed by atoms with Gasteiger partial charge in [-0.05, 0) is 5.75 Å². The van der Waals surface area contributed by atoms with Crippen molar-refractivity contribution in [3.8, 4) is 0 Å². The lowest BCUT2D eigenvalue weighted by molar-refractivity contribution is -0.134. The van der Waals surface area contributed by atoms with Gasteiger partial charge in [-0.1, -0.05) is 6.92 Å². The van der Waals surface area contributed by atoms with E-state index in [2.05, 4.69) is 0 Å². The number of carboxylic acids is 1. The van der Waals surface area contributed by atoms with Gasteiger partial charge in [-0.25, -0.2) is 8.42 Å². The monoisotopic (exact) mass is 212 g/mol. The molecule has 0 unspecified atom stereocenters. The number of thioether (sulfide) groups is 1. The molecule has 0 atom stereocenters. The molecular formula is C6H12O4S2. The summed E-state index contributed by atoms with van der Waals surface area (Å²) in [4.78, 5) is 10.1. The van der Waals surface area contributed by atoms with Gasteiger partial charge in [0, 0.05) is 5.75 Å². The lowest BCUT2D eigenvalue weighted by Crippen LogP contribution is -2.19. The van der Waals surface area contributed by atoms with Crippen LogP contribution in [0.15, 0.2) is 0 Å². The quantitative estimate of drug-likeness (QED) is 0.638. The van der Waals surface area contributed by atoms with Crippen molar-refractivity contribution < 1.29 is 18.3 Å². The topological polar surface area (TPSA) is 71.4 Å². The summed E-state index contributed by atoms with van der Waals surface area (Å²) in [5, 5.41) is 8.22. The highest BCUT2D eigenvalue weighted by Crippen LogP contribution is 2.01. The SMILES string of the molecule is CCSCCS(=O)(=O)CC(=O)O. The first-order chi connectivity index (χ1) is 5.48. The highest BCUT2D eigenvalue weighted by Gasteiger charge is 2.14. The van der Waals surface area contributed by atoms with E-state index < -0.39 is 21.6 Å². The molecule has 0 aliphatic rings. The van der Waals surface area contributed by atoms with E-state index in [1.807, 2.05) is 6.92 Å². The molecule has 0 aromatic rings. The highest BCUT2D eigenvalue weighted by molar-refractivity contribution is 8.00. The third kappa shape index (κ3) is 6.48. The van der Waals surface area contributed by atoms with Gasteiger partial charge in [0.15, 0.2) is 9.84 Å². The van der Waals surface area contributed by atoms with Crippen molar-refractivity contribution >= 4 is 27.6 Å². The normalized spacial score (nSPS) is 11.4. The number of carboxylic acid groups (broad SMARTS) is 1. The standard InChI is InChI=1S/C6H12O4S2/c1-2-11-3-4-12(9,10)5-6(7)8/h2-5H2,1H3,(H,7,8). The predicted molar refractivity (Wildman–Crippen MR) is 49.3 cm³/mol. The van der Waals surface area contributed by atoms with Gasteiger partial charge in [0.1, 0.15) is 5.75 Å². The second-order valence-electron chi connectivity index (χ2n) is 2.18. The van der Waals surface area contributed by atoms with Crippen molar-refractivity contribution in [1.82, 2.24) is 0 Å². The fraction of sp³-hybridized carbons (Fsp3) is 0.833. The van der Waals surface area contributed by atoms with Crippen molar-refractivity contribution in [3.63, 3.8) is 0 Å². The number of rotatable bonds is 6. The number of aliphatic carboxylic acids is 1. The van der Waals surface area contributed by atoms with E-state index >= 15 is 0 Å². The van der Waals surface area contributed by atoms with Gasteiger partial charge in [-0.15, -0.1) is 0 Å². The van der Waals surface area contributed by atoms with Gasteiger partial charge in [-0.2, -0.15) is 11.8 Å². The molecule has 0 aromatic carbocycles. The summed E-state index contributed by atoms with van der Waals surface area (Å²) in [5.74, 6) is -0.749. The number of hydrogen-bond acceptors (Lipinski definition) is 4. The van der Waals surface area contributed by atoms with Crippen LogP contribution in [0.2, 0.25) is 0 Å². The lowest BCUT2D eigenvalue weighted by atomic mass is 10.8. The molecule has 0 saturated carbocycles. The van der Waals surface area contributed by atoms with Crippen molar-refractivity contribution in [1.29, 1.82) is 0 Å². The molecule has 0 radical (unpaired) electrons. The molecule has 0 aliphatic carbocycles. The van der Waals surface area contributed by atoms with E-state index in [4.69, 9.17) is 5.11 Å². The van der Waals surface area contributed by atoms with Gasteiger partial charge in [0.05, 0.1) is 5.75 Å². The van der Waals surface area contributed by atoms with Crippen LogP contribution in [0.5, 0.6) is 0 Å². The Labute approximate surface area is 76.3 Å². The molecule has 0 fully saturated rings. The Bertz CT molecular complexity index is 232. The molecule has 6 heteroatoms. The first-order valence-corrected chi connectivity index (χ1v) is 6.45. The maximum atomic E-state index is 10.9. The van der Waals surface area contributed by atoms with E-state index in [1.165, 1.54) is 11.8 Å². The third-order valence-corrected chi connectivity index (χ3v) is 3.76. The van der Waals surface area contributed by atoms with Gasteiger partial charge in [0.25, 0.3) is 0 Å². The van der Waals surface area contributed by atoms with Crippen LogP contribution >= 0.6 is 11.8 Å². The van der Waals surface area contributed by atoms with E-state index in [1.54, 1.807) is 0 Å². The molecule has 0 saturated heterocycles. The molecule has 1 N–H and O–H groups in total.